The smallest absolute Gasteiger partial charge is 0.228 e. The van der Waals surface area contributed by atoms with Gasteiger partial charge in [0.15, 0.2) is 5.13 Å². The van der Waals surface area contributed by atoms with Crippen molar-refractivity contribution in [3.63, 3.8) is 0 Å². The van der Waals surface area contributed by atoms with Crippen molar-refractivity contribution in [2.45, 2.75) is 44.9 Å². The van der Waals surface area contributed by atoms with Gasteiger partial charge in [0.25, 0.3) is 0 Å². The summed E-state index contributed by atoms with van der Waals surface area (Å²) in [5, 5.41) is 2.66. The Kier molecular flexibility index (Phi) is 4.53. The van der Waals surface area contributed by atoms with Crippen molar-refractivity contribution >= 4 is 28.3 Å². The molecule has 2 amide bonds. The molecule has 0 unspecified atom stereocenters. The predicted molar refractivity (Wildman–Crippen MR) is 82.5 cm³/mol. The lowest BCUT2D eigenvalue weighted by atomic mass is 10.2. The number of carbonyl (C=O) groups is 2. The maximum Gasteiger partial charge on any atom is 0.228 e. The van der Waals surface area contributed by atoms with Crippen LogP contribution < -0.4 is 4.90 Å². The van der Waals surface area contributed by atoms with Gasteiger partial charge in [0.2, 0.25) is 11.8 Å². The van der Waals surface area contributed by atoms with E-state index in [1.807, 2.05) is 10.3 Å². The standard InChI is InChI=1S/C15H21N3O2S/c19-13-6-5-9-18(13)15-16-12(11-21-15)10-14(20)17-7-3-1-2-4-8-17/h11H,1-10H2. The number of nitrogens with zero attached hydrogens (tertiary/aromatic N) is 3. The number of likely N-dealkylation sites (tertiary alicyclic amines) is 1. The van der Waals surface area contributed by atoms with E-state index in [-0.39, 0.29) is 11.8 Å². The van der Waals surface area contributed by atoms with Gasteiger partial charge in [-0.25, -0.2) is 4.98 Å². The van der Waals surface area contributed by atoms with Crippen LogP contribution in [0.1, 0.15) is 44.2 Å². The van der Waals surface area contributed by atoms with E-state index in [1.165, 1.54) is 24.2 Å². The van der Waals surface area contributed by atoms with Gasteiger partial charge in [-0.2, -0.15) is 0 Å². The molecule has 1 aromatic heterocycles. The number of rotatable bonds is 3. The molecular formula is C15H21N3O2S. The summed E-state index contributed by atoms with van der Waals surface area (Å²) in [7, 11) is 0. The molecule has 3 heterocycles. The molecule has 0 saturated carbocycles. The second kappa shape index (κ2) is 6.56. The molecule has 114 valence electrons. The molecule has 6 heteroatoms. The zero-order chi connectivity index (χ0) is 14.7. The van der Waals surface area contributed by atoms with Crippen molar-refractivity contribution in [2.24, 2.45) is 0 Å². The highest BCUT2D eigenvalue weighted by molar-refractivity contribution is 7.14. The molecule has 3 rings (SSSR count). The molecule has 2 aliphatic heterocycles. The zero-order valence-corrected chi connectivity index (χ0v) is 13.0. The lowest BCUT2D eigenvalue weighted by Crippen LogP contribution is -2.33. The largest absolute Gasteiger partial charge is 0.342 e. The first-order valence-corrected chi connectivity index (χ1v) is 8.64. The minimum Gasteiger partial charge on any atom is -0.342 e. The fraction of sp³-hybridized carbons (Fsp3) is 0.667. The van der Waals surface area contributed by atoms with Crippen molar-refractivity contribution < 1.29 is 9.59 Å². The summed E-state index contributed by atoms with van der Waals surface area (Å²) in [5.41, 5.74) is 0.795. The first-order valence-electron chi connectivity index (χ1n) is 7.76. The van der Waals surface area contributed by atoms with E-state index in [9.17, 15) is 9.59 Å². The summed E-state index contributed by atoms with van der Waals surface area (Å²) in [5.74, 6) is 0.316. The Bertz CT molecular complexity index is 521. The molecule has 0 aliphatic carbocycles. The normalized spacial score (nSPS) is 19.9. The summed E-state index contributed by atoms with van der Waals surface area (Å²) < 4.78 is 0. The molecule has 1 aromatic rings. The van der Waals surface area contributed by atoms with Crippen LogP contribution in [0.3, 0.4) is 0 Å². The highest BCUT2D eigenvalue weighted by Gasteiger charge is 2.25. The van der Waals surface area contributed by atoms with Gasteiger partial charge in [0, 0.05) is 31.4 Å². The van der Waals surface area contributed by atoms with E-state index in [1.54, 1.807) is 4.90 Å². The topological polar surface area (TPSA) is 53.5 Å². The lowest BCUT2D eigenvalue weighted by molar-refractivity contribution is -0.130. The number of anilines is 1. The highest BCUT2D eigenvalue weighted by atomic mass is 32.1. The first kappa shape index (κ1) is 14.5. The minimum absolute atomic E-state index is 0.148. The second-order valence-corrected chi connectivity index (χ2v) is 6.58. The van der Waals surface area contributed by atoms with Crippen LogP contribution >= 0.6 is 11.3 Å². The van der Waals surface area contributed by atoms with Gasteiger partial charge in [0.1, 0.15) is 0 Å². The van der Waals surface area contributed by atoms with Gasteiger partial charge < -0.3 is 4.90 Å². The SMILES string of the molecule is O=C(Cc1csc(N2CCCC2=O)n1)N1CCCCCC1. The molecule has 0 N–H and O–H groups in total. The van der Waals surface area contributed by atoms with Crippen LogP contribution in [0.15, 0.2) is 5.38 Å². The lowest BCUT2D eigenvalue weighted by Gasteiger charge is -2.19. The minimum atomic E-state index is 0.148. The van der Waals surface area contributed by atoms with E-state index in [2.05, 4.69) is 4.98 Å². The molecule has 0 aromatic carbocycles. The molecule has 5 nitrogen and oxygen atoms in total. The third-order valence-electron chi connectivity index (χ3n) is 4.14. The molecule has 2 aliphatic rings. The Morgan fingerprint density at radius 1 is 1.14 bits per heavy atom. The van der Waals surface area contributed by atoms with Gasteiger partial charge in [0.05, 0.1) is 12.1 Å². The summed E-state index contributed by atoms with van der Waals surface area (Å²) in [6.07, 6.45) is 6.54. The van der Waals surface area contributed by atoms with Crippen LogP contribution in [0.2, 0.25) is 0 Å². The summed E-state index contributed by atoms with van der Waals surface area (Å²) in [4.78, 5) is 32.2. The number of hydrogen-bond donors (Lipinski definition) is 0. The van der Waals surface area contributed by atoms with Gasteiger partial charge in [-0.3, -0.25) is 14.5 Å². The van der Waals surface area contributed by atoms with E-state index in [0.717, 1.165) is 49.7 Å². The monoisotopic (exact) mass is 307 g/mol. The maximum absolute atomic E-state index is 12.3. The molecule has 0 spiro atoms. The van der Waals surface area contributed by atoms with Crippen molar-refractivity contribution in [1.29, 1.82) is 0 Å². The Labute approximate surface area is 129 Å². The summed E-state index contributed by atoms with van der Waals surface area (Å²) >= 11 is 1.47. The van der Waals surface area contributed by atoms with E-state index in [0.29, 0.717) is 12.8 Å². The van der Waals surface area contributed by atoms with E-state index in [4.69, 9.17) is 0 Å². The maximum atomic E-state index is 12.3. The number of hydrogen-bond acceptors (Lipinski definition) is 4. The zero-order valence-electron chi connectivity index (χ0n) is 12.2. The van der Waals surface area contributed by atoms with Crippen molar-refractivity contribution in [3.8, 4) is 0 Å². The van der Waals surface area contributed by atoms with Crippen molar-refractivity contribution in [3.05, 3.63) is 11.1 Å². The van der Waals surface area contributed by atoms with Gasteiger partial charge >= 0.3 is 0 Å². The van der Waals surface area contributed by atoms with Crippen LogP contribution in [-0.2, 0) is 16.0 Å². The van der Waals surface area contributed by atoms with E-state index < -0.39 is 0 Å². The number of carbonyl (C=O) groups excluding carboxylic acids is 2. The predicted octanol–water partition coefficient (Wildman–Crippen LogP) is 2.21. The Hall–Kier alpha value is -1.43. The van der Waals surface area contributed by atoms with Crippen LogP contribution in [-0.4, -0.2) is 41.3 Å². The Morgan fingerprint density at radius 3 is 2.57 bits per heavy atom. The number of amides is 2. The quantitative estimate of drug-likeness (QED) is 0.860. The van der Waals surface area contributed by atoms with Crippen LogP contribution in [0, 0.1) is 0 Å². The number of thiazole rings is 1. The highest BCUT2D eigenvalue weighted by Crippen LogP contribution is 2.25. The molecule has 2 fully saturated rings. The number of aromatic nitrogens is 1. The Balaban J connectivity index is 1.61. The van der Waals surface area contributed by atoms with Crippen LogP contribution in [0.5, 0.6) is 0 Å². The fourth-order valence-electron chi connectivity index (χ4n) is 2.94. The van der Waals surface area contributed by atoms with Crippen molar-refractivity contribution in [2.75, 3.05) is 24.5 Å². The molecule has 21 heavy (non-hydrogen) atoms. The molecule has 0 bridgehead atoms. The van der Waals surface area contributed by atoms with Gasteiger partial charge in [-0.15, -0.1) is 11.3 Å². The average Bonchev–Trinajstić information content (AvgIpc) is 2.99. The van der Waals surface area contributed by atoms with Crippen LogP contribution in [0.4, 0.5) is 5.13 Å². The molecule has 2 saturated heterocycles. The van der Waals surface area contributed by atoms with Crippen LogP contribution in [0.25, 0.3) is 0 Å². The Morgan fingerprint density at radius 2 is 1.90 bits per heavy atom. The van der Waals surface area contributed by atoms with Crippen molar-refractivity contribution in [1.82, 2.24) is 9.88 Å². The third kappa shape index (κ3) is 3.43. The second-order valence-electron chi connectivity index (χ2n) is 5.74. The first-order chi connectivity index (χ1) is 10.2. The molecule has 0 atom stereocenters. The molecule has 0 radical (unpaired) electrons. The molecular weight excluding hydrogens is 286 g/mol. The fourth-order valence-corrected chi connectivity index (χ4v) is 3.81. The van der Waals surface area contributed by atoms with Gasteiger partial charge in [-0.05, 0) is 19.3 Å². The van der Waals surface area contributed by atoms with Gasteiger partial charge in [-0.1, -0.05) is 12.8 Å². The summed E-state index contributed by atoms with van der Waals surface area (Å²) in [6, 6.07) is 0. The summed E-state index contributed by atoms with van der Waals surface area (Å²) in [6.45, 7) is 2.51. The third-order valence-corrected chi connectivity index (χ3v) is 5.05. The van der Waals surface area contributed by atoms with E-state index >= 15 is 0 Å². The average molecular weight is 307 g/mol.